The Hall–Kier alpha value is -1.13. The highest BCUT2D eigenvalue weighted by atomic mass is 31.2. The Morgan fingerprint density at radius 1 is 1.48 bits per heavy atom. The second kappa shape index (κ2) is 6.32. The Morgan fingerprint density at radius 3 is 2.81 bits per heavy atom. The van der Waals surface area contributed by atoms with Gasteiger partial charge in [-0.2, -0.15) is 0 Å². The fourth-order valence-electron chi connectivity index (χ4n) is 1.94. The maximum Gasteiger partial charge on any atom is 0.469 e. The summed E-state index contributed by atoms with van der Waals surface area (Å²) in [6, 6.07) is 0. The third-order valence-electron chi connectivity index (χ3n) is 2.92. The highest BCUT2D eigenvalue weighted by Crippen LogP contribution is 2.38. The number of aliphatic hydroxyl groups is 2. The molecule has 0 aromatic carbocycles. The lowest BCUT2D eigenvalue weighted by atomic mass is 10.1. The van der Waals surface area contributed by atoms with Gasteiger partial charge in [-0.05, 0) is 0 Å². The molecule has 2 rings (SSSR count). The SMILES string of the molecule is C=CCc1cn([C@@H]2O[C@H](COP(=O)(O)O)[C@@H](O)[C@H]2O)nn1. The molecular formula is C10H16N3O7P. The highest BCUT2D eigenvalue weighted by molar-refractivity contribution is 7.46. The van der Waals surface area contributed by atoms with Crippen LogP contribution in [0.1, 0.15) is 11.9 Å². The van der Waals surface area contributed by atoms with Crippen molar-refractivity contribution in [3.05, 3.63) is 24.5 Å². The van der Waals surface area contributed by atoms with E-state index < -0.39 is 39.0 Å². The normalized spacial score (nSPS) is 29.7. The topological polar surface area (TPSA) is 147 Å². The zero-order valence-corrected chi connectivity index (χ0v) is 11.8. The number of aromatic nitrogens is 3. The van der Waals surface area contributed by atoms with Gasteiger partial charge in [0.1, 0.15) is 18.3 Å². The molecule has 1 aromatic rings. The molecule has 0 radical (unpaired) electrons. The lowest BCUT2D eigenvalue weighted by Crippen LogP contribution is -2.33. The van der Waals surface area contributed by atoms with E-state index in [1.807, 2.05) is 0 Å². The van der Waals surface area contributed by atoms with Gasteiger partial charge in [-0.25, -0.2) is 9.25 Å². The van der Waals surface area contributed by atoms with Crippen LogP contribution in [0.25, 0.3) is 0 Å². The van der Waals surface area contributed by atoms with Gasteiger partial charge in [0, 0.05) is 6.42 Å². The molecule has 1 fully saturated rings. The molecule has 4 N–H and O–H groups in total. The smallest absolute Gasteiger partial charge is 0.387 e. The Morgan fingerprint density at radius 2 is 2.19 bits per heavy atom. The van der Waals surface area contributed by atoms with E-state index in [-0.39, 0.29) is 0 Å². The molecule has 1 saturated heterocycles. The van der Waals surface area contributed by atoms with Crippen molar-refractivity contribution in [2.75, 3.05) is 6.61 Å². The van der Waals surface area contributed by atoms with E-state index in [1.165, 1.54) is 10.9 Å². The second-order valence-corrected chi connectivity index (χ2v) is 5.75. The van der Waals surface area contributed by atoms with Crippen LogP contribution in [-0.4, -0.2) is 59.9 Å². The summed E-state index contributed by atoms with van der Waals surface area (Å²) in [5.41, 5.74) is 0.602. The van der Waals surface area contributed by atoms with Crippen LogP contribution >= 0.6 is 7.82 Å². The van der Waals surface area contributed by atoms with Gasteiger partial charge in [0.05, 0.1) is 18.5 Å². The van der Waals surface area contributed by atoms with Crippen molar-refractivity contribution in [2.24, 2.45) is 0 Å². The van der Waals surface area contributed by atoms with Gasteiger partial charge in [-0.15, -0.1) is 11.7 Å². The zero-order chi connectivity index (χ0) is 15.6. The maximum absolute atomic E-state index is 10.6. The average molecular weight is 321 g/mol. The minimum absolute atomic E-state index is 0.482. The Labute approximate surface area is 119 Å². The molecule has 21 heavy (non-hydrogen) atoms. The molecule has 0 amide bonds. The van der Waals surface area contributed by atoms with Crippen molar-refractivity contribution >= 4 is 7.82 Å². The Balaban J connectivity index is 2.04. The van der Waals surface area contributed by atoms with Crippen molar-refractivity contribution < 1.29 is 33.8 Å². The van der Waals surface area contributed by atoms with Crippen molar-refractivity contribution in [3.8, 4) is 0 Å². The predicted molar refractivity (Wildman–Crippen MR) is 67.8 cm³/mol. The van der Waals surface area contributed by atoms with Gasteiger partial charge in [-0.3, -0.25) is 4.52 Å². The third kappa shape index (κ3) is 3.95. The standard InChI is InChI=1S/C10H16N3O7P/c1-2-3-6-4-13(12-11-6)10-9(15)8(14)7(20-10)5-19-21(16,17)18/h2,4,7-10,14-15H,1,3,5H2,(H2,16,17,18)/t7-,8-,9-,10-/m1/s1. The van der Waals surface area contributed by atoms with Crippen LogP contribution < -0.4 is 0 Å². The molecule has 2 heterocycles. The van der Waals surface area contributed by atoms with E-state index in [1.54, 1.807) is 6.08 Å². The number of phosphoric acid groups is 1. The van der Waals surface area contributed by atoms with Crippen molar-refractivity contribution in [1.82, 2.24) is 15.0 Å². The van der Waals surface area contributed by atoms with Gasteiger partial charge in [0.2, 0.25) is 0 Å². The van der Waals surface area contributed by atoms with Crippen LogP contribution in [0, 0.1) is 0 Å². The highest BCUT2D eigenvalue weighted by Gasteiger charge is 2.45. The largest absolute Gasteiger partial charge is 0.469 e. The summed E-state index contributed by atoms with van der Waals surface area (Å²) in [5.74, 6) is 0. The number of ether oxygens (including phenoxy) is 1. The fraction of sp³-hybridized carbons (Fsp3) is 0.600. The first-order valence-corrected chi connectivity index (χ1v) is 7.58. The minimum atomic E-state index is -4.68. The number of hydrogen-bond donors (Lipinski definition) is 4. The summed E-state index contributed by atoms with van der Waals surface area (Å²) >= 11 is 0. The molecule has 0 saturated carbocycles. The number of nitrogens with zero attached hydrogens (tertiary/aromatic N) is 3. The van der Waals surface area contributed by atoms with Crippen LogP contribution in [0.4, 0.5) is 0 Å². The molecule has 0 aliphatic carbocycles. The second-order valence-electron chi connectivity index (χ2n) is 4.52. The monoisotopic (exact) mass is 321 g/mol. The molecule has 0 unspecified atom stereocenters. The van der Waals surface area contributed by atoms with Crippen LogP contribution in [0.2, 0.25) is 0 Å². The van der Waals surface area contributed by atoms with Crippen LogP contribution in [0.5, 0.6) is 0 Å². The zero-order valence-electron chi connectivity index (χ0n) is 10.9. The first-order valence-electron chi connectivity index (χ1n) is 6.05. The fourth-order valence-corrected chi connectivity index (χ4v) is 2.28. The van der Waals surface area contributed by atoms with Gasteiger partial charge in [0.25, 0.3) is 0 Å². The lowest BCUT2D eigenvalue weighted by Gasteiger charge is -2.14. The average Bonchev–Trinajstić information content (AvgIpc) is 2.95. The van der Waals surface area contributed by atoms with Crippen molar-refractivity contribution in [2.45, 2.75) is 31.0 Å². The summed E-state index contributed by atoms with van der Waals surface area (Å²) < 4.78 is 21.5. The Bertz CT molecular complexity index is 545. The van der Waals surface area contributed by atoms with E-state index in [9.17, 15) is 14.8 Å². The van der Waals surface area contributed by atoms with E-state index in [0.717, 1.165) is 0 Å². The summed E-state index contributed by atoms with van der Waals surface area (Å²) in [4.78, 5) is 17.3. The molecule has 10 nitrogen and oxygen atoms in total. The van der Waals surface area contributed by atoms with Crippen LogP contribution in [0.3, 0.4) is 0 Å². The minimum Gasteiger partial charge on any atom is -0.387 e. The summed E-state index contributed by atoms with van der Waals surface area (Å²) in [7, 11) is -4.68. The molecule has 0 spiro atoms. The number of phosphoric ester groups is 1. The van der Waals surface area contributed by atoms with Gasteiger partial charge >= 0.3 is 7.82 Å². The maximum atomic E-state index is 10.6. The third-order valence-corrected chi connectivity index (χ3v) is 3.40. The molecule has 1 aliphatic heterocycles. The molecule has 0 bridgehead atoms. The quantitative estimate of drug-likeness (QED) is 0.372. The number of rotatable bonds is 6. The van der Waals surface area contributed by atoms with Gasteiger partial charge < -0.3 is 24.7 Å². The van der Waals surface area contributed by atoms with E-state index >= 15 is 0 Å². The van der Waals surface area contributed by atoms with Crippen LogP contribution in [-0.2, 0) is 20.2 Å². The summed E-state index contributed by atoms with van der Waals surface area (Å²) in [6.07, 6.45) is -1.17. The first kappa shape index (κ1) is 16.2. The first-order chi connectivity index (χ1) is 9.81. The molecule has 118 valence electrons. The number of allylic oxidation sites excluding steroid dienone is 1. The molecule has 11 heteroatoms. The van der Waals surface area contributed by atoms with Crippen LogP contribution in [0.15, 0.2) is 18.9 Å². The van der Waals surface area contributed by atoms with Crippen molar-refractivity contribution in [3.63, 3.8) is 0 Å². The Kier molecular flexibility index (Phi) is 4.89. The molecule has 1 aliphatic rings. The summed E-state index contributed by atoms with van der Waals surface area (Å²) in [5, 5.41) is 27.3. The van der Waals surface area contributed by atoms with E-state index in [0.29, 0.717) is 12.1 Å². The molecule has 4 atom stereocenters. The van der Waals surface area contributed by atoms with E-state index in [2.05, 4.69) is 21.4 Å². The number of aliphatic hydroxyl groups excluding tert-OH is 2. The lowest BCUT2D eigenvalue weighted by molar-refractivity contribution is -0.0586. The number of hydrogen-bond acceptors (Lipinski definition) is 7. The predicted octanol–water partition coefficient (Wildman–Crippen LogP) is -1.26. The molecule has 1 aromatic heterocycles. The van der Waals surface area contributed by atoms with Crippen molar-refractivity contribution in [1.29, 1.82) is 0 Å². The van der Waals surface area contributed by atoms with Gasteiger partial charge in [0.15, 0.2) is 6.23 Å². The van der Waals surface area contributed by atoms with Gasteiger partial charge in [-0.1, -0.05) is 11.3 Å². The molecular weight excluding hydrogens is 305 g/mol. The van der Waals surface area contributed by atoms with E-state index in [4.69, 9.17) is 14.5 Å². The summed E-state index contributed by atoms with van der Waals surface area (Å²) in [6.45, 7) is 3.00.